The number of halogens is 2. The molecule has 148 valence electrons. The number of carbonyl (C=O) groups excluding carboxylic acids is 2. The molecule has 7 heteroatoms. The summed E-state index contributed by atoms with van der Waals surface area (Å²) in [7, 11) is 0. The summed E-state index contributed by atoms with van der Waals surface area (Å²) in [6, 6.07) is 4.56. The number of benzene rings is 1. The molecular formula is C20H27Cl2N3O2. The molecule has 1 unspecified atom stereocenters. The van der Waals surface area contributed by atoms with Crippen molar-refractivity contribution in [2.45, 2.75) is 44.6 Å². The topological polar surface area (TPSA) is 66.6 Å². The second kappa shape index (κ2) is 9.26. The van der Waals surface area contributed by atoms with Gasteiger partial charge in [-0.15, -0.1) is 0 Å². The summed E-state index contributed by atoms with van der Waals surface area (Å²) in [6.45, 7) is 2.27. The van der Waals surface area contributed by atoms with Crippen molar-refractivity contribution in [2.75, 3.05) is 26.2 Å². The van der Waals surface area contributed by atoms with Crippen LogP contribution in [0.2, 0.25) is 10.0 Å². The van der Waals surface area contributed by atoms with Crippen molar-refractivity contribution >= 4 is 35.0 Å². The van der Waals surface area contributed by atoms with Gasteiger partial charge in [-0.25, -0.2) is 0 Å². The summed E-state index contributed by atoms with van der Waals surface area (Å²) in [6.07, 6.45) is 5.92. The van der Waals surface area contributed by atoms with Crippen molar-refractivity contribution in [3.05, 3.63) is 33.8 Å². The van der Waals surface area contributed by atoms with Gasteiger partial charge in [0.15, 0.2) is 0 Å². The predicted octanol–water partition coefficient (Wildman–Crippen LogP) is 3.11. The molecular weight excluding hydrogens is 385 g/mol. The maximum absolute atomic E-state index is 12.7. The average molecular weight is 412 g/mol. The van der Waals surface area contributed by atoms with Gasteiger partial charge in [-0.3, -0.25) is 9.59 Å². The Balaban J connectivity index is 1.50. The highest BCUT2D eigenvalue weighted by Crippen LogP contribution is 2.26. The van der Waals surface area contributed by atoms with E-state index in [-0.39, 0.29) is 17.7 Å². The van der Waals surface area contributed by atoms with Crippen LogP contribution in [-0.4, -0.2) is 53.8 Å². The van der Waals surface area contributed by atoms with Crippen LogP contribution in [0.3, 0.4) is 0 Å². The Hall–Kier alpha value is -1.30. The minimum Gasteiger partial charge on any atom is -0.339 e. The zero-order valence-corrected chi connectivity index (χ0v) is 17.0. The largest absolute Gasteiger partial charge is 0.339 e. The van der Waals surface area contributed by atoms with Crippen molar-refractivity contribution in [3.8, 4) is 0 Å². The Morgan fingerprint density at radius 3 is 2.30 bits per heavy atom. The fourth-order valence-corrected chi connectivity index (χ4v) is 4.49. The molecule has 0 aromatic heterocycles. The van der Waals surface area contributed by atoms with Gasteiger partial charge in [0.25, 0.3) is 0 Å². The van der Waals surface area contributed by atoms with Gasteiger partial charge < -0.3 is 15.5 Å². The van der Waals surface area contributed by atoms with Gasteiger partial charge in [0.05, 0.1) is 6.04 Å². The van der Waals surface area contributed by atoms with Crippen molar-refractivity contribution < 1.29 is 9.59 Å². The Morgan fingerprint density at radius 1 is 1.04 bits per heavy atom. The molecule has 2 amide bonds. The molecule has 1 aromatic rings. The molecule has 0 radical (unpaired) electrons. The Kier molecular flexibility index (Phi) is 7.01. The number of carbonyl (C=O) groups is 2. The van der Waals surface area contributed by atoms with E-state index in [4.69, 9.17) is 28.9 Å². The van der Waals surface area contributed by atoms with Gasteiger partial charge in [0.2, 0.25) is 11.8 Å². The number of hydrogen-bond acceptors (Lipinski definition) is 3. The smallest absolute Gasteiger partial charge is 0.239 e. The first-order valence-electron chi connectivity index (χ1n) is 9.73. The van der Waals surface area contributed by atoms with Crippen LogP contribution >= 0.6 is 23.2 Å². The van der Waals surface area contributed by atoms with E-state index in [1.807, 2.05) is 4.90 Å². The summed E-state index contributed by atoms with van der Waals surface area (Å²) in [5.41, 5.74) is 6.95. The Labute approximate surface area is 170 Å². The van der Waals surface area contributed by atoms with Crippen LogP contribution in [0.25, 0.3) is 0 Å². The second-order valence-electron chi connectivity index (χ2n) is 7.53. The van der Waals surface area contributed by atoms with Crippen LogP contribution < -0.4 is 5.73 Å². The number of nitrogens with zero attached hydrogens (tertiary/aromatic N) is 2. The SMILES string of the molecule is NC(Cc1ccc(Cl)cc1Cl)C(=O)N1CCN(C(=O)C2CCCCC2)CC1. The molecule has 5 nitrogen and oxygen atoms in total. The monoisotopic (exact) mass is 411 g/mol. The van der Waals surface area contributed by atoms with E-state index in [1.165, 1.54) is 6.42 Å². The van der Waals surface area contributed by atoms with Crippen LogP contribution in [0.5, 0.6) is 0 Å². The lowest BCUT2D eigenvalue weighted by atomic mass is 9.88. The van der Waals surface area contributed by atoms with Gasteiger partial charge in [-0.1, -0.05) is 48.5 Å². The highest BCUT2D eigenvalue weighted by atomic mass is 35.5. The molecule has 1 heterocycles. The minimum absolute atomic E-state index is 0.0919. The molecule has 3 rings (SSSR count). The lowest BCUT2D eigenvalue weighted by Crippen LogP contribution is -2.55. The fraction of sp³-hybridized carbons (Fsp3) is 0.600. The van der Waals surface area contributed by atoms with Gasteiger partial charge in [-0.2, -0.15) is 0 Å². The van der Waals surface area contributed by atoms with Crippen molar-refractivity contribution in [1.82, 2.24) is 9.80 Å². The molecule has 1 saturated heterocycles. The van der Waals surface area contributed by atoms with Gasteiger partial charge in [0.1, 0.15) is 0 Å². The summed E-state index contributed by atoms with van der Waals surface area (Å²) in [4.78, 5) is 29.0. The predicted molar refractivity (Wildman–Crippen MR) is 108 cm³/mol. The fourth-order valence-electron chi connectivity index (χ4n) is 4.00. The number of amides is 2. The van der Waals surface area contributed by atoms with Crippen LogP contribution in [0.15, 0.2) is 18.2 Å². The van der Waals surface area contributed by atoms with E-state index in [2.05, 4.69) is 0 Å². The first-order valence-corrected chi connectivity index (χ1v) is 10.5. The molecule has 0 spiro atoms. The van der Waals surface area contributed by atoms with E-state index >= 15 is 0 Å². The summed E-state index contributed by atoms with van der Waals surface area (Å²) >= 11 is 12.1. The first-order chi connectivity index (χ1) is 13.0. The second-order valence-corrected chi connectivity index (χ2v) is 8.38. The molecule has 1 atom stereocenters. The molecule has 2 N–H and O–H groups in total. The lowest BCUT2D eigenvalue weighted by molar-refractivity contribution is -0.143. The van der Waals surface area contributed by atoms with E-state index in [1.54, 1.807) is 23.1 Å². The van der Waals surface area contributed by atoms with E-state index in [9.17, 15) is 9.59 Å². The lowest BCUT2D eigenvalue weighted by Gasteiger charge is -2.38. The van der Waals surface area contributed by atoms with Crippen LogP contribution in [-0.2, 0) is 16.0 Å². The third-order valence-electron chi connectivity index (χ3n) is 5.63. The normalized spacial score (nSPS) is 19.8. The van der Waals surface area contributed by atoms with Crippen LogP contribution in [0.4, 0.5) is 0 Å². The molecule has 0 bridgehead atoms. The van der Waals surface area contributed by atoms with Crippen molar-refractivity contribution in [2.24, 2.45) is 11.7 Å². The summed E-state index contributed by atoms with van der Waals surface area (Å²) in [5, 5.41) is 1.08. The molecule has 1 saturated carbocycles. The highest BCUT2D eigenvalue weighted by Gasteiger charge is 2.31. The Bertz CT molecular complexity index is 684. The maximum atomic E-state index is 12.7. The number of nitrogens with two attached hydrogens (primary N) is 1. The number of hydrogen-bond donors (Lipinski definition) is 1. The quantitative estimate of drug-likeness (QED) is 0.827. The van der Waals surface area contributed by atoms with Crippen molar-refractivity contribution in [1.29, 1.82) is 0 Å². The summed E-state index contributed by atoms with van der Waals surface area (Å²) < 4.78 is 0. The number of rotatable bonds is 4. The molecule has 1 aliphatic heterocycles. The molecule has 1 aliphatic carbocycles. The van der Waals surface area contributed by atoms with Gasteiger partial charge in [0, 0.05) is 42.1 Å². The molecule has 2 aliphatic rings. The standard InChI is InChI=1S/C20H27Cl2N3O2/c21-16-7-6-15(17(22)13-16)12-18(23)20(27)25-10-8-24(9-11-25)19(26)14-4-2-1-3-5-14/h6-7,13-14,18H,1-5,8-12,23H2. The molecule has 27 heavy (non-hydrogen) atoms. The molecule has 1 aromatic carbocycles. The third kappa shape index (κ3) is 5.15. The highest BCUT2D eigenvalue weighted by molar-refractivity contribution is 6.35. The zero-order chi connectivity index (χ0) is 19.4. The summed E-state index contributed by atoms with van der Waals surface area (Å²) in [5.74, 6) is 0.347. The van der Waals surface area contributed by atoms with Crippen molar-refractivity contribution in [3.63, 3.8) is 0 Å². The van der Waals surface area contributed by atoms with Gasteiger partial charge >= 0.3 is 0 Å². The minimum atomic E-state index is -0.649. The average Bonchev–Trinajstić information content (AvgIpc) is 2.69. The van der Waals surface area contributed by atoms with E-state index in [0.29, 0.717) is 42.6 Å². The van der Waals surface area contributed by atoms with Crippen LogP contribution in [0, 0.1) is 5.92 Å². The van der Waals surface area contributed by atoms with Gasteiger partial charge in [-0.05, 0) is 37.0 Å². The number of piperazine rings is 1. The third-order valence-corrected chi connectivity index (χ3v) is 6.22. The van der Waals surface area contributed by atoms with E-state index in [0.717, 1.165) is 31.2 Å². The Morgan fingerprint density at radius 2 is 1.67 bits per heavy atom. The molecule has 2 fully saturated rings. The maximum Gasteiger partial charge on any atom is 0.239 e. The zero-order valence-electron chi connectivity index (χ0n) is 15.5. The first kappa shape index (κ1) is 20.4. The van der Waals surface area contributed by atoms with Crippen LogP contribution in [0.1, 0.15) is 37.7 Å². The van der Waals surface area contributed by atoms with E-state index < -0.39 is 6.04 Å².